The van der Waals surface area contributed by atoms with Gasteiger partial charge in [-0.05, 0) is 50.3 Å². The number of hydrogen-bond donors (Lipinski definition) is 2. The molecular formula is C20H30N3O4S+. The number of likely N-dealkylation sites (N-methyl/N-ethyl adjacent to an activating group) is 1. The number of sulfone groups is 1. The molecule has 0 spiro atoms. The van der Waals surface area contributed by atoms with Crippen molar-refractivity contribution in [3.8, 4) is 0 Å². The second kappa shape index (κ2) is 8.21. The van der Waals surface area contributed by atoms with Crippen molar-refractivity contribution in [1.29, 1.82) is 0 Å². The van der Waals surface area contributed by atoms with Crippen LogP contribution in [0.1, 0.15) is 30.4 Å². The lowest BCUT2D eigenvalue weighted by Gasteiger charge is -2.29. The van der Waals surface area contributed by atoms with Gasteiger partial charge in [-0.15, -0.1) is 0 Å². The largest absolute Gasteiger partial charge is 0.331 e. The molecule has 2 aliphatic rings. The second-order valence-electron chi connectivity index (χ2n) is 8.20. The molecule has 1 heterocycles. The Morgan fingerprint density at radius 1 is 1.14 bits per heavy atom. The highest BCUT2D eigenvalue weighted by Gasteiger charge is 2.42. The van der Waals surface area contributed by atoms with Crippen molar-refractivity contribution in [3.63, 3.8) is 0 Å². The number of nitrogens with zero attached hydrogens (tertiary/aromatic N) is 1. The molecule has 7 nitrogen and oxygen atoms in total. The number of amides is 2. The molecule has 1 aromatic rings. The molecular weight excluding hydrogens is 378 g/mol. The van der Waals surface area contributed by atoms with E-state index in [-0.39, 0.29) is 48.5 Å². The normalized spacial score (nSPS) is 21.9. The van der Waals surface area contributed by atoms with E-state index in [1.807, 2.05) is 39.1 Å². The minimum atomic E-state index is -3.03. The van der Waals surface area contributed by atoms with Crippen LogP contribution in [0, 0.1) is 13.8 Å². The highest BCUT2D eigenvalue weighted by Crippen LogP contribution is 2.32. The third-order valence-electron chi connectivity index (χ3n) is 5.62. The number of carbonyl (C=O) groups is 2. The molecule has 2 amide bonds. The van der Waals surface area contributed by atoms with Crippen LogP contribution in [0.5, 0.6) is 0 Å². The van der Waals surface area contributed by atoms with Gasteiger partial charge in [0.1, 0.15) is 0 Å². The Kier molecular flexibility index (Phi) is 6.09. The standard InChI is InChI=1S/C20H29N3O4S/c1-14-5-4-6-18(15(14)2)21-19(24)11-22(3)12-20(25)23(16-7-8-16)17-9-10-28(26,27)13-17/h4-6,16-17H,7-13H2,1-3H3,(H,21,24)/p+1/t17-/m1/s1. The molecule has 1 unspecified atom stereocenters. The maximum atomic E-state index is 12.9. The number of aryl methyl sites for hydroxylation is 1. The molecule has 0 radical (unpaired) electrons. The highest BCUT2D eigenvalue weighted by molar-refractivity contribution is 7.91. The average Bonchev–Trinajstić information content (AvgIpc) is 3.35. The van der Waals surface area contributed by atoms with Gasteiger partial charge in [0.25, 0.3) is 11.8 Å². The molecule has 1 aliphatic carbocycles. The van der Waals surface area contributed by atoms with Crippen molar-refractivity contribution in [2.45, 2.75) is 45.2 Å². The van der Waals surface area contributed by atoms with E-state index in [1.54, 1.807) is 4.90 Å². The first-order chi connectivity index (χ1) is 13.2. The second-order valence-corrected chi connectivity index (χ2v) is 10.4. The van der Waals surface area contributed by atoms with Crippen LogP contribution in [0.4, 0.5) is 5.69 Å². The number of quaternary nitrogens is 1. The van der Waals surface area contributed by atoms with Crippen molar-refractivity contribution in [2.24, 2.45) is 0 Å². The molecule has 154 valence electrons. The Hall–Kier alpha value is -1.93. The molecule has 28 heavy (non-hydrogen) atoms. The van der Waals surface area contributed by atoms with Crippen LogP contribution in [-0.2, 0) is 19.4 Å². The van der Waals surface area contributed by atoms with Crippen molar-refractivity contribution in [2.75, 3.05) is 37.0 Å². The van der Waals surface area contributed by atoms with Gasteiger partial charge >= 0.3 is 0 Å². The molecule has 0 bridgehead atoms. The Morgan fingerprint density at radius 2 is 1.86 bits per heavy atom. The molecule has 1 saturated heterocycles. The number of hydrogen-bond acceptors (Lipinski definition) is 4. The smallest absolute Gasteiger partial charge is 0.279 e. The first-order valence-corrected chi connectivity index (χ1v) is 11.7. The van der Waals surface area contributed by atoms with Crippen LogP contribution in [0.25, 0.3) is 0 Å². The fraction of sp³-hybridized carbons (Fsp3) is 0.600. The van der Waals surface area contributed by atoms with E-state index in [2.05, 4.69) is 5.32 Å². The molecule has 1 aliphatic heterocycles. The van der Waals surface area contributed by atoms with Gasteiger partial charge in [0.05, 0.1) is 18.6 Å². The lowest BCUT2D eigenvalue weighted by molar-refractivity contribution is -0.862. The van der Waals surface area contributed by atoms with Crippen LogP contribution in [0.2, 0.25) is 0 Å². The first-order valence-electron chi connectivity index (χ1n) is 9.85. The molecule has 2 N–H and O–H groups in total. The molecule has 2 fully saturated rings. The SMILES string of the molecule is Cc1cccc(NC(=O)C[NH+](C)CC(=O)N(C2CC2)[C@@H]2CCS(=O)(=O)C2)c1C. The summed E-state index contributed by atoms with van der Waals surface area (Å²) in [6, 6.07) is 5.73. The van der Waals surface area contributed by atoms with Gasteiger partial charge in [0.15, 0.2) is 22.9 Å². The quantitative estimate of drug-likeness (QED) is 0.661. The van der Waals surface area contributed by atoms with Crippen LogP contribution in [0.15, 0.2) is 18.2 Å². The zero-order chi connectivity index (χ0) is 20.5. The summed E-state index contributed by atoms with van der Waals surface area (Å²) in [6.07, 6.45) is 2.40. The van der Waals surface area contributed by atoms with Gasteiger partial charge in [-0.3, -0.25) is 9.59 Å². The average molecular weight is 409 g/mol. The summed E-state index contributed by atoms with van der Waals surface area (Å²) in [5.74, 6) is 0.0401. The number of nitrogens with one attached hydrogen (secondary N) is 2. The van der Waals surface area contributed by atoms with Gasteiger partial charge in [-0.25, -0.2) is 8.42 Å². The zero-order valence-corrected chi connectivity index (χ0v) is 17.6. The summed E-state index contributed by atoms with van der Waals surface area (Å²) >= 11 is 0. The Bertz CT molecular complexity index is 864. The highest BCUT2D eigenvalue weighted by atomic mass is 32.2. The number of carbonyl (C=O) groups excluding carboxylic acids is 2. The topological polar surface area (TPSA) is 88.0 Å². The minimum absolute atomic E-state index is 0.0540. The van der Waals surface area contributed by atoms with Crippen LogP contribution in [-0.4, -0.2) is 68.9 Å². The van der Waals surface area contributed by atoms with E-state index < -0.39 is 9.84 Å². The summed E-state index contributed by atoms with van der Waals surface area (Å²) < 4.78 is 23.6. The van der Waals surface area contributed by atoms with Gasteiger partial charge in [0.2, 0.25) is 0 Å². The summed E-state index contributed by atoms with van der Waals surface area (Å²) in [7, 11) is -1.22. The summed E-state index contributed by atoms with van der Waals surface area (Å²) in [5, 5.41) is 2.92. The maximum Gasteiger partial charge on any atom is 0.279 e. The molecule has 1 saturated carbocycles. The van der Waals surface area contributed by atoms with Crippen molar-refractivity contribution < 1.29 is 22.9 Å². The first kappa shape index (κ1) is 20.8. The third-order valence-corrected chi connectivity index (χ3v) is 7.37. The molecule has 3 rings (SSSR count). The predicted molar refractivity (Wildman–Crippen MR) is 108 cm³/mol. The molecule has 2 atom stereocenters. The fourth-order valence-electron chi connectivity index (χ4n) is 3.82. The summed E-state index contributed by atoms with van der Waals surface area (Å²) in [4.78, 5) is 27.8. The van der Waals surface area contributed by atoms with Crippen LogP contribution < -0.4 is 10.2 Å². The predicted octanol–water partition coefficient (Wildman–Crippen LogP) is -0.0653. The van der Waals surface area contributed by atoms with E-state index in [0.717, 1.165) is 34.6 Å². The van der Waals surface area contributed by atoms with Crippen molar-refractivity contribution in [3.05, 3.63) is 29.3 Å². The summed E-state index contributed by atoms with van der Waals surface area (Å²) in [6.45, 7) is 4.33. The van der Waals surface area contributed by atoms with Crippen molar-refractivity contribution in [1.82, 2.24) is 4.90 Å². The lowest BCUT2D eigenvalue weighted by atomic mass is 10.1. The number of rotatable bonds is 7. The zero-order valence-electron chi connectivity index (χ0n) is 16.8. The van der Waals surface area contributed by atoms with E-state index in [9.17, 15) is 18.0 Å². The molecule has 8 heteroatoms. The van der Waals surface area contributed by atoms with E-state index in [4.69, 9.17) is 0 Å². The van der Waals surface area contributed by atoms with Gasteiger partial charge < -0.3 is 15.1 Å². The van der Waals surface area contributed by atoms with E-state index in [1.165, 1.54) is 0 Å². The maximum absolute atomic E-state index is 12.9. The lowest BCUT2D eigenvalue weighted by Crippen LogP contribution is -3.11. The van der Waals surface area contributed by atoms with E-state index >= 15 is 0 Å². The summed E-state index contributed by atoms with van der Waals surface area (Å²) in [5.41, 5.74) is 2.94. The Morgan fingerprint density at radius 3 is 2.46 bits per heavy atom. The van der Waals surface area contributed by atoms with Crippen LogP contribution >= 0.6 is 0 Å². The Labute approximate surface area is 167 Å². The van der Waals surface area contributed by atoms with E-state index in [0.29, 0.717) is 6.42 Å². The number of benzene rings is 1. The minimum Gasteiger partial charge on any atom is -0.331 e. The fourth-order valence-corrected chi connectivity index (χ4v) is 5.53. The monoisotopic (exact) mass is 408 g/mol. The van der Waals surface area contributed by atoms with Gasteiger partial charge in [0, 0.05) is 17.8 Å². The number of anilines is 1. The molecule has 1 aromatic carbocycles. The third kappa shape index (κ3) is 5.11. The Balaban J connectivity index is 1.55. The van der Waals surface area contributed by atoms with Gasteiger partial charge in [-0.1, -0.05) is 12.1 Å². The van der Waals surface area contributed by atoms with Crippen molar-refractivity contribution >= 4 is 27.3 Å². The van der Waals surface area contributed by atoms with Crippen LogP contribution in [0.3, 0.4) is 0 Å². The van der Waals surface area contributed by atoms with Gasteiger partial charge in [-0.2, -0.15) is 0 Å². The molecule has 0 aromatic heterocycles.